The number of nitrogens with zero attached hydrogens (tertiary/aromatic N) is 2. The third kappa shape index (κ3) is 3.05. The van der Waals surface area contributed by atoms with Gasteiger partial charge in [-0.05, 0) is 18.2 Å². The first kappa shape index (κ1) is 13.0. The van der Waals surface area contributed by atoms with E-state index in [4.69, 9.17) is 16.7 Å². The summed E-state index contributed by atoms with van der Waals surface area (Å²) in [6.45, 7) is 0. The Hall–Kier alpha value is -2.47. The van der Waals surface area contributed by atoms with Crippen LogP contribution in [0, 0.1) is 0 Å². The standard InChI is InChI=1S/C12H8ClN3O3/c13-9-6-14-4-3-8(9)11(17)16-10-2-1-7(5-15-10)12(18)19/h1-6H,(H,18,19)(H,15,16,17). The average molecular weight is 278 g/mol. The number of halogens is 1. The molecule has 96 valence electrons. The van der Waals surface area contributed by atoms with Crippen LogP contribution < -0.4 is 5.32 Å². The number of aromatic carboxylic acids is 1. The van der Waals surface area contributed by atoms with Crippen LogP contribution in [0.3, 0.4) is 0 Å². The number of carboxylic acid groups (broad SMARTS) is 1. The van der Waals surface area contributed by atoms with Gasteiger partial charge in [-0.15, -0.1) is 0 Å². The molecule has 0 aromatic carbocycles. The van der Waals surface area contributed by atoms with Crippen molar-refractivity contribution in [1.29, 1.82) is 0 Å². The maximum absolute atomic E-state index is 11.9. The molecule has 1 amide bonds. The molecule has 0 bridgehead atoms. The zero-order valence-electron chi connectivity index (χ0n) is 9.50. The number of rotatable bonds is 3. The summed E-state index contributed by atoms with van der Waals surface area (Å²) in [6, 6.07) is 4.22. The highest BCUT2D eigenvalue weighted by molar-refractivity contribution is 6.34. The summed E-state index contributed by atoms with van der Waals surface area (Å²) in [5, 5.41) is 11.5. The number of amides is 1. The van der Waals surface area contributed by atoms with Crippen LogP contribution in [0.5, 0.6) is 0 Å². The van der Waals surface area contributed by atoms with E-state index in [2.05, 4.69) is 15.3 Å². The molecule has 0 atom stereocenters. The molecular weight excluding hydrogens is 270 g/mol. The summed E-state index contributed by atoms with van der Waals surface area (Å²) >= 11 is 5.83. The Morgan fingerprint density at radius 1 is 1.21 bits per heavy atom. The summed E-state index contributed by atoms with van der Waals surface area (Å²) in [4.78, 5) is 30.1. The normalized spacial score (nSPS) is 9.95. The van der Waals surface area contributed by atoms with Crippen LogP contribution in [0.2, 0.25) is 5.02 Å². The lowest BCUT2D eigenvalue weighted by Crippen LogP contribution is -2.13. The molecule has 2 aromatic heterocycles. The predicted octanol–water partition coefficient (Wildman–Crippen LogP) is 2.08. The van der Waals surface area contributed by atoms with Gasteiger partial charge in [-0.1, -0.05) is 11.6 Å². The number of carboxylic acids is 1. The minimum absolute atomic E-state index is 0.0416. The van der Waals surface area contributed by atoms with E-state index in [-0.39, 0.29) is 22.0 Å². The van der Waals surface area contributed by atoms with E-state index in [1.165, 1.54) is 30.6 Å². The zero-order valence-corrected chi connectivity index (χ0v) is 10.3. The Labute approximate surface area is 113 Å². The molecule has 0 unspecified atom stereocenters. The van der Waals surface area contributed by atoms with Crippen LogP contribution in [0.4, 0.5) is 5.82 Å². The minimum Gasteiger partial charge on any atom is -0.478 e. The van der Waals surface area contributed by atoms with E-state index in [1.54, 1.807) is 0 Å². The van der Waals surface area contributed by atoms with Gasteiger partial charge in [0.1, 0.15) is 5.82 Å². The van der Waals surface area contributed by atoms with Crippen LogP contribution in [-0.2, 0) is 0 Å². The maximum Gasteiger partial charge on any atom is 0.337 e. The largest absolute Gasteiger partial charge is 0.478 e. The van der Waals surface area contributed by atoms with Crippen LogP contribution in [0.25, 0.3) is 0 Å². The van der Waals surface area contributed by atoms with Gasteiger partial charge in [-0.2, -0.15) is 0 Å². The number of carbonyl (C=O) groups is 2. The highest BCUT2D eigenvalue weighted by Crippen LogP contribution is 2.15. The van der Waals surface area contributed by atoms with Gasteiger partial charge in [0.15, 0.2) is 0 Å². The second-order valence-corrected chi connectivity index (χ2v) is 3.95. The maximum atomic E-state index is 11.9. The molecule has 0 saturated heterocycles. The predicted molar refractivity (Wildman–Crippen MR) is 68.4 cm³/mol. The number of nitrogens with one attached hydrogen (secondary N) is 1. The van der Waals surface area contributed by atoms with Gasteiger partial charge in [0.05, 0.1) is 16.1 Å². The van der Waals surface area contributed by atoms with Gasteiger partial charge in [0.2, 0.25) is 0 Å². The molecule has 19 heavy (non-hydrogen) atoms. The second-order valence-electron chi connectivity index (χ2n) is 3.55. The van der Waals surface area contributed by atoms with Crippen molar-refractivity contribution in [2.75, 3.05) is 5.32 Å². The lowest BCUT2D eigenvalue weighted by atomic mass is 10.2. The average Bonchev–Trinajstić information content (AvgIpc) is 2.39. The van der Waals surface area contributed by atoms with Crippen molar-refractivity contribution in [2.45, 2.75) is 0 Å². The molecule has 0 aliphatic heterocycles. The third-order valence-corrected chi connectivity index (χ3v) is 2.57. The monoisotopic (exact) mass is 277 g/mol. The SMILES string of the molecule is O=C(O)c1ccc(NC(=O)c2ccncc2Cl)nc1. The minimum atomic E-state index is -1.08. The molecule has 6 nitrogen and oxygen atoms in total. The van der Waals surface area contributed by atoms with Crippen molar-refractivity contribution in [2.24, 2.45) is 0 Å². The fraction of sp³-hybridized carbons (Fsp3) is 0. The van der Waals surface area contributed by atoms with Crippen molar-refractivity contribution in [1.82, 2.24) is 9.97 Å². The summed E-state index contributed by atoms with van der Waals surface area (Å²) in [7, 11) is 0. The van der Waals surface area contributed by atoms with Gasteiger partial charge in [0.25, 0.3) is 5.91 Å². The van der Waals surface area contributed by atoms with Crippen LogP contribution >= 0.6 is 11.6 Å². The topological polar surface area (TPSA) is 92.2 Å². The summed E-state index contributed by atoms with van der Waals surface area (Å²) < 4.78 is 0. The van der Waals surface area contributed by atoms with E-state index in [0.29, 0.717) is 0 Å². The molecule has 0 aliphatic rings. The number of hydrogen-bond donors (Lipinski definition) is 2. The highest BCUT2D eigenvalue weighted by atomic mass is 35.5. The van der Waals surface area contributed by atoms with Crippen molar-refractivity contribution < 1.29 is 14.7 Å². The molecule has 2 rings (SSSR count). The zero-order chi connectivity index (χ0) is 13.8. The summed E-state index contributed by atoms with van der Waals surface area (Å²) in [5.74, 6) is -1.28. The van der Waals surface area contributed by atoms with Crippen molar-refractivity contribution in [3.05, 3.63) is 52.9 Å². The van der Waals surface area contributed by atoms with E-state index < -0.39 is 11.9 Å². The molecule has 0 fully saturated rings. The summed E-state index contributed by atoms with van der Waals surface area (Å²) in [5.41, 5.74) is 0.306. The molecular formula is C12H8ClN3O3. The molecule has 0 aliphatic carbocycles. The number of carbonyl (C=O) groups excluding carboxylic acids is 1. The quantitative estimate of drug-likeness (QED) is 0.896. The molecule has 2 heterocycles. The van der Waals surface area contributed by atoms with Gasteiger partial charge in [0, 0.05) is 18.6 Å². The molecule has 2 N–H and O–H groups in total. The Morgan fingerprint density at radius 3 is 2.58 bits per heavy atom. The number of aromatic nitrogens is 2. The molecule has 7 heteroatoms. The van der Waals surface area contributed by atoms with Crippen LogP contribution in [0.1, 0.15) is 20.7 Å². The van der Waals surface area contributed by atoms with Gasteiger partial charge < -0.3 is 10.4 Å². The van der Waals surface area contributed by atoms with E-state index in [0.717, 1.165) is 6.20 Å². The highest BCUT2D eigenvalue weighted by Gasteiger charge is 2.11. The second kappa shape index (κ2) is 5.45. The molecule has 0 saturated carbocycles. The van der Waals surface area contributed by atoms with Crippen molar-refractivity contribution in [3.63, 3.8) is 0 Å². The van der Waals surface area contributed by atoms with Gasteiger partial charge in [-0.25, -0.2) is 9.78 Å². The van der Waals surface area contributed by atoms with Crippen molar-refractivity contribution >= 4 is 29.3 Å². The lowest BCUT2D eigenvalue weighted by molar-refractivity contribution is 0.0696. The van der Waals surface area contributed by atoms with Gasteiger partial charge >= 0.3 is 5.97 Å². The van der Waals surface area contributed by atoms with Crippen molar-refractivity contribution in [3.8, 4) is 0 Å². The first-order chi connectivity index (χ1) is 9.08. The fourth-order valence-electron chi connectivity index (χ4n) is 1.34. The van der Waals surface area contributed by atoms with E-state index >= 15 is 0 Å². The Kier molecular flexibility index (Phi) is 3.72. The van der Waals surface area contributed by atoms with Crippen LogP contribution in [0.15, 0.2) is 36.8 Å². The lowest BCUT2D eigenvalue weighted by Gasteiger charge is -2.05. The van der Waals surface area contributed by atoms with E-state index in [1.807, 2.05) is 0 Å². The number of pyridine rings is 2. The van der Waals surface area contributed by atoms with Gasteiger partial charge in [-0.3, -0.25) is 9.78 Å². The third-order valence-electron chi connectivity index (χ3n) is 2.27. The van der Waals surface area contributed by atoms with Crippen LogP contribution in [-0.4, -0.2) is 27.0 Å². The summed E-state index contributed by atoms with van der Waals surface area (Å²) in [6.07, 6.45) is 3.96. The Morgan fingerprint density at radius 2 is 2.00 bits per heavy atom. The first-order valence-electron chi connectivity index (χ1n) is 5.18. The first-order valence-corrected chi connectivity index (χ1v) is 5.56. The Balaban J connectivity index is 2.15. The number of hydrogen-bond acceptors (Lipinski definition) is 4. The molecule has 0 radical (unpaired) electrons. The molecule has 2 aromatic rings. The number of anilines is 1. The Bertz CT molecular complexity index is 628. The smallest absolute Gasteiger partial charge is 0.337 e. The fourth-order valence-corrected chi connectivity index (χ4v) is 1.54. The molecule has 0 spiro atoms. The van der Waals surface area contributed by atoms with E-state index in [9.17, 15) is 9.59 Å².